The number of aliphatic carboxylic acids is 1. The first kappa shape index (κ1) is 16.8. The van der Waals surface area contributed by atoms with E-state index in [1.807, 2.05) is 72.4 Å². The molecule has 0 bridgehead atoms. The third-order valence-electron chi connectivity index (χ3n) is 4.24. The molecule has 0 unspecified atom stereocenters. The second kappa shape index (κ2) is 7.21. The van der Waals surface area contributed by atoms with Crippen LogP contribution in [0.2, 0.25) is 0 Å². The highest BCUT2D eigenvalue weighted by molar-refractivity contribution is 5.87. The van der Waals surface area contributed by atoms with Crippen molar-refractivity contribution in [3.8, 4) is 0 Å². The van der Waals surface area contributed by atoms with Gasteiger partial charge in [-0.15, -0.1) is 0 Å². The molecule has 128 valence electrons. The smallest absolute Gasteiger partial charge is 0.326 e. The monoisotopic (exact) mass is 336 g/mol. The van der Waals surface area contributed by atoms with E-state index in [1.54, 1.807) is 0 Å². The van der Waals surface area contributed by atoms with Crippen molar-refractivity contribution in [1.29, 1.82) is 0 Å². The largest absolute Gasteiger partial charge is 0.480 e. The highest BCUT2D eigenvalue weighted by atomic mass is 16.4. The van der Waals surface area contributed by atoms with Crippen molar-refractivity contribution >= 4 is 22.8 Å². The van der Waals surface area contributed by atoms with E-state index in [2.05, 4.69) is 5.32 Å². The topological polar surface area (TPSA) is 71.3 Å². The third-order valence-corrected chi connectivity index (χ3v) is 4.24. The van der Waals surface area contributed by atoms with Crippen molar-refractivity contribution in [2.75, 3.05) is 0 Å². The van der Waals surface area contributed by atoms with Crippen LogP contribution in [0.4, 0.5) is 0 Å². The first-order chi connectivity index (χ1) is 12.0. The van der Waals surface area contributed by atoms with E-state index in [9.17, 15) is 14.7 Å². The summed E-state index contributed by atoms with van der Waals surface area (Å²) in [7, 11) is 1.93. The molecular formula is C20H20N2O3. The molecule has 0 aliphatic carbocycles. The highest BCUT2D eigenvalue weighted by Crippen LogP contribution is 2.21. The minimum absolute atomic E-state index is 0.167. The predicted octanol–water partition coefficient (Wildman–Crippen LogP) is 2.53. The molecule has 3 rings (SSSR count). The summed E-state index contributed by atoms with van der Waals surface area (Å²) in [6, 6.07) is 16.2. The molecule has 1 heterocycles. The third kappa shape index (κ3) is 3.88. The number of nitrogens with zero attached hydrogens (tertiary/aromatic N) is 1. The minimum Gasteiger partial charge on any atom is -0.480 e. The zero-order valence-corrected chi connectivity index (χ0v) is 14.0. The van der Waals surface area contributed by atoms with E-state index in [-0.39, 0.29) is 18.7 Å². The quantitative estimate of drug-likeness (QED) is 0.727. The Labute approximate surface area is 145 Å². The van der Waals surface area contributed by atoms with Gasteiger partial charge in [-0.2, -0.15) is 0 Å². The van der Waals surface area contributed by atoms with Gasteiger partial charge in [-0.1, -0.05) is 48.5 Å². The van der Waals surface area contributed by atoms with Crippen molar-refractivity contribution in [1.82, 2.24) is 9.88 Å². The number of carbonyl (C=O) groups excluding carboxylic acids is 1. The molecule has 0 aliphatic rings. The minimum atomic E-state index is -1.03. The van der Waals surface area contributed by atoms with Crippen molar-refractivity contribution < 1.29 is 14.7 Å². The fourth-order valence-electron chi connectivity index (χ4n) is 3.03. The molecule has 0 fully saturated rings. The van der Waals surface area contributed by atoms with Crippen LogP contribution < -0.4 is 5.32 Å². The summed E-state index contributed by atoms with van der Waals surface area (Å²) in [5.41, 5.74) is 2.80. The van der Waals surface area contributed by atoms with Gasteiger partial charge in [0, 0.05) is 30.6 Å². The molecule has 3 aromatic rings. The number of amides is 1. The summed E-state index contributed by atoms with van der Waals surface area (Å²) in [4.78, 5) is 23.8. The predicted molar refractivity (Wildman–Crippen MR) is 96.3 cm³/mol. The molecule has 0 aliphatic heterocycles. The van der Waals surface area contributed by atoms with Crippen LogP contribution in [0.5, 0.6) is 0 Å². The van der Waals surface area contributed by atoms with E-state index in [0.29, 0.717) is 0 Å². The molecule has 5 heteroatoms. The average molecular weight is 336 g/mol. The first-order valence-electron chi connectivity index (χ1n) is 8.13. The number of aryl methyl sites for hydroxylation is 1. The molecule has 0 saturated carbocycles. The van der Waals surface area contributed by atoms with Gasteiger partial charge in [0.2, 0.25) is 5.91 Å². The number of hydrogen-bond donors (Lipinski definition) is 2. The lowest BCUT2D eigenvalue weighted by molar-refractivity contribution is -0.141. The summed E-state index contributed by atoms with van der Waals surface area (Å²) in [5, 5.41) is 13.2. The standard InChI is InChI=1S/C20H20N2O3/c1-22-13-15(16-9-5-6-10-18(16)22)12-17(20(24)25)21-19(23)11-14-7-3-2-4-8-14/h2-10,13,17H,11-12H2,1H3,(H,21,23)(H,24,25)/t17-/m0/s1. The number of aromatic nitrogens is 1. The van der Waals surface area contributed by atoms with Gasteiger partial charge in [0.25, 0.3) is 0 Å². The number of fused-ring (bicyclic) bond motifs is 1. The SMILES string of the molecule is Cn1cc(C[C@H](NC(=O)Cc2ccccc2)C(=O)O)c2ccccc21. The lowest BCUT2D eigenvalue weighted by Crippen LogP contribution is -2.43. The fraction of sp³-hybridized carbons (Fsp3) is 0.200. The number of nitrogens with one attached hydrogen (secondary N) is 1. The van der Waals surface area contributed by atoms with Gasteiger partial charge in [-0.05, 0) is 17.2 Å². The molecular weight excluding hydrogens is 316 g/mol. The number of carboxylic acids is 1. The van der Waals surface area contributed by atoms with Crippen LogP contribution in [0.25, 0.3) is 10.9 Å². The maximum Gasteiger partial charge on any atom is 0.326 e. The van der Waals surface area contributed by atoms with Gasteiger partial charge in [-0.25, -0.2) is 4.79 Å². The van der Waals surface area contributed by atoms with Crippen LogP contribution in [0.3, 0.4) is 0 Å². The number of hydrogen-bond acceptors (Lipinski definition) is 2. The summed E-state index contributed by atoms with van der Waals surface area (Å²) in [6.07, 6.45) is 2.33. The van der Waals surface area contributed by atoms with Crippen molar-refractivity contribution in [3.05, 3.63) is 71.9 Å². The normalized spacial score (nSPS) is 12.0. The Bertz CT molecular complexity index is 900. The van der Waals surface area contributed by atoms with Crippen LogP contribution in [-0.2, 0) is 29.5 Å². The van der Waals surface area contributed by atoms with E-state index < -0.39 is 12.0 Å². The summed E-state index contributed by atoms with van der Waals surface area (Å²) in [5.74, 6) is -1.33. The van der Waals surface area contributed by atoms with Gasteiger partial charge in [0.05, 0.1) is 6.42 Å². The molecule has 25 heavy (non-hydrogen) atoms. The Hall–Kier alpha value is -3.08. The van der Waals surface area contributed by atoms with Gasteiger partial charge in [-0.3, -0.25) is 4.79 Å². The van der Waals surface area contributed by atoms with E-state index >= 15 is 0 Å². The Morgan fingerprint density at radius 1 is 1.08 bits per heavy atom. The summed E-state index contributed by atoms with van der Waals surface area (Å²) < 4.78 is 1.97. The van der Waals surface area contributed by atoms with Crippen LogP contribution in [0.15, 0.2) is 60.8 Å². The molecule has 1 atom stereocenters. The van der Waals surface area contributed by atoms with Crippen LogP contribution in [0.1, 0.15) is 11.1 Å². The Balaban J connectivity index is 1.75. The lowest BCUT2D eigenvalue weighted by atomic mass is 10.0. The second-order valence-corrected chi connectivity index (χ2v) is 6.11. The van der Waals surface area contributed by atoms with Crippen molar-refractivity contribution in [3.63, 3.8) is 0 Å². The number of carbonyl (C=O) groups is 2. The molecule has 0 radical (unpaired) electrons. The van der Waals surface area contributed by atoms with Crippen molar-refractivity contribution in [2.24, 2.45) is 7.05 Å². The number of benzene rings is 2. The summed E-state index contributed by atoms with van der Waals surface area (Å²) >= 11 is 0. The number of rotatable bonds is 6. The molecule has 2 aromatic carbocycles. The van der Waals surface area contributed by atoms with E-state index in [4.69, 9.17) is 0 Å². The number of para-hydroxylation sites is 1. The van der Waals surface area contributed by atoms with Crippen LogP contribution in [-0.4, -0.2) is 27.6 Å². The maximum atomic E-state index is 12.2. The van der Waals surface area contributed by atoms with E-state index in [0.717, 1.165) is 22.0 Å². The molecule has 0 saturated heterocycles. The summed E-state index contributed by atoms with van der Waals surface area (Å²) in [6.45, 7) is 0. The van der Waals surface area contributed by atoms with Crippen LogP contribution >= 0.6 is 0 Å². The Kier molecular flexibility index (Phi) is 4.84. The Morgan fingerprint density at radius 2 is 1.76 bits per heavy atom. The Morgan fingerprint density at radius 3 is 2.48 bits per heavy atom. The van der Waals surface area contributed by atoms with Gasteiger partial charge < -0.3 is 15.0 Å². The second-order valence-electron chi connectivity index (χ2n) is 6.11. The van der Waals surface area contributed by atoms with Crippen LogP contribution in [0, 0.1) is 0 Å². The van der Waals surface area contributed by atoms with Gasteiger partial charge >= 0.3 is 5.97 Å². The average Bonchev–Trinajstić information content (AvgIpc) is 2.91. The molecule has 1 amide bonds. The first-order valence-corrected chi connectivity index (χ1v) is 8.13. The van der Waals surface area contributed by atoms with Crippen molar-refractivity contribution in [2.45, 2.75) is 18.9 Å². The molecule has 1 aromatic heterocycles. The van der Waals surface area contributed by atoms with Gasteiger partial charge in [0.1, 0.15) is 6.04 Å². The molecule has 0 spiro atoms. The fourth-order valence-corrected chi connectivity index (χ4v) is 3.03. The number of carboxylic acid groups (broad SMARTS) is 1. The molecule has 5 nitrogen and oxygen atoms in total. The van der Waals surface area contributed by atoms with E-state index in [1.165, 1.54) is 0 Å². The molecule has 2 N–H and O–H groups in total. The van der Waals surface area contributed by atoms with Gasteiger partial charge in [0.15, 0.2) is 0 Å². The zero-order chi connectivity index (χ0) is 17.8. The maximum absolute atomic E-state index is 12.2. The lowest BCUT2D eigenvalue weighted by Gasteiger charge is -2.14. The zero-order valence-electron chi connectivity index (χ0n) is 14.0. The highest BCUT2D eigenvalue weighted by Gasteiger charge is 2.22.